The minimum absolute atomic E-state index is 0.0280. The molecule has 3 aromatic rings. The molecule has 2 aromatic carbocycles. The molecule has 0 fully saturated rings. The summed E-state index contributed by atoms with van der Waals surface area (Å²) in [5.74, 6) is -1.16. The third-order valence-corrected chi connectivity index (χ3v) is 4.69. The molecule has 0 aliphatic rings. The minimum atomic E-state index is -0.581. The first-order valence-corrected chi connectivity index (χ1v) is 8.09. The monoisotopic (exact) mass is 377 g/mol. The highest BCUT2D eigenvalue weighted by Gasteiger charge is 2.14. The van der Waals surface area contributed by atoms with Gasteiger partial charge in [-0.15, -0.1) is 11.3 Å². The fraction of sp³-hybridized carbons (Fsp3) is 0. The van der Waals surface area contributed by atoms with Crippen LogP contribution in [0.1, 0.15) is 5.01 Å². The Kier molecular flexibility index (Phi) is 4.18. The maximum atomic E-state index is 13.9. The third kappa shape index (κ3) is 2.74. The van der Waals surface area contributed by atoms with Gasteiger partial charge in [-0.1, -0.05) is 40.7 Å². The maximum Gasteiger partial charge on any atom is 0.133 e. The lowest BCUT2D eigenvalue weighted by atomic mass is 10.0. The number of aromatic nitrogens is 1. The molecular formula is C17H10BrF2NS. The van der Waals surface area contributed by atoms with Crippen molar-refractivity contribution in [2.45, 2.75) is 0 Å². The van der Waals surface area contributed by atoms with Crippen LogP contribution in [0.15, 0.2) is 52.8 Å². The first kappa shape index (κ1) is 15.1. The molecule has 3 rings (SSSR count). The third-order valence-electron chi connectivity index (χ3n) is 3.19. The van der Waals surface area contributed by atoms with Gasteiger partial charge in [0.2, 0.25) is 0 Å². The molecule has 1 heterocycles. The van der Waals surface area contributed by atoms with Crippen LogP contribution in [0.4, 0.5) is 8.78 Å². The molecule has 0 aliphatic carbocycles. The Morgan fingerprint density at radius 2 is 1.86 bits per heavy atom. The molecule has 0 radical (unpaired) electrons. The Hall–Kier alpha value is -1.85. The second-order valence-corrected chi connectivity index (χ2v) is 6.31. The van der Waals surface area contributed by atoms with E-state index in [4.69, 9.17) is 0 Å². The summed E-state index contributed by atoms with van der Waals surface area (Å²) in [6.45, 7) is 3.69. The SMILES string of the molecule is C=Cc1nc(-c2ccc(-c3c(F)cccc3F)cc2Br)cs1. The van der Waals surface area contributed by atoms with Crippen LogP contribution in [0.2, 0.25) is 0 Å². The van der Waals surface area contributed by atoms with Crippen LogP contribution < -0.4 is 0 Å². The zero-order valence-electron chi connectivity index (χ0n) is 11.3. The van der Waals surface area contributed by atoms with E-state index in [0.29, 0.717) is 5.56 Å². The fourth-order valence-electron chi connectivity index (χ4n) is 2.16. The molecule has 110 valence electrons. The van der Waals surface area contributed by atoms with Gasteiger partial charge >= 0.3 is 0 Å². The second kappa shape index (κ2) is 6.10. The van der Waals surface area contributed by atoms with E-state index in [2.05, 4.69) is 27.5 Å². The van der Waals surface area contributed by atoms with Crippen LogP contribution in [0.25, 0.3) is 28.5 Å². The smallest absolute Gasteiger partial charge is 0.133 e. The summed E-state index contributed by atoms with van der Waals surface area (Å²) in [5.41, 5.74) is 2.11. The second-order valence-electron chi connectivity index (χ2n) is 4.57. The average Bonchev–Trinajstić information content (AvgIpc) is 2.96. The molecule has 0 amide bonds. The van der Waals surface area contributed by atoms with Crippen LogP contribution in [-0.2, 0) is 0 Å². The van der Waals surface area contributed by atoms with Crippen molar-refractivity contribution in [1.29, 1.82) is 0 Å². The van der Waals surface area contributed by atoms with Gasteiger partial charge < -0.3 is 0 Å². The van der Waals surface area contributed by atoms with Gasteiger partial charge in [0.1, 0.15) is 16.6 Å². The van der Waals surface area contributed by atoms with Gasteiger partial charge in [-0.25, -0.2) is 13.8 Å². The van der Waals surface area contributed by atoms with E-state index in [1.165, 1.54) is 29.5 Å². The van der Waals surface area contributed by atoms with Crippen LogP contribution in [-0.4, -0.2) is 4.98 Å². The molecule has 0 spiro atoms. The summed E-state index contributed by atoms with van der Waals surface area (Å²) in [6, 6.07) is 9.03. The van der Waals surface area contributed by atoms with Crippen LogP contribution in [0, 0.1) is 11.6 Å². The van der Waals surface area contributed by atoms with Crippen molar-refractivity contribution in [3.63, 3.8) is 0 Å². The Morgan fingerprint density at radius 1 is 1.14 bits per heavy atom. The molecule has 0 aliphatic heterocycles. The number of benzene rings is 2. The first-order chi connectivity index (χ1) is 10.6. The molecule has 0 N–H and O–H groups in total. The molecule has 0 atom stereocenters. The van der Waals surface area contributed by atoms with Crippen molar-refractivity contribution in [3.05, 3.63) is 69.5 Å². The lowest BCUT2D eigenvalue weighted by molar-refractivity contribution is 0.589. The van der Waals surface area contributed by atoms with Gasteiger partial charge in [0, 0.05) is 15.4 Å². The van der Waals surface area contributed by atoms with E-state index in [1.54, 1.807) is 24.3 Å². The van der Waals surface area contributed by atoms with Gasteiger partial charge in [-0.05, 0) is 29.8 Å². The Bertz CT molecular complexity index is 837. The zero-order valence-corrected chi connectivity index (χ0v) is 13.7. The molecular weight excluding hydrogens is 368 g/mol. The number of halogens is 3. The molecule has 22 heavy (non-hydrogen) atoms. The van der Waals surface area contributed by atoms with Crippen molar-refractivity contribution in [1.82, 2.24) is 4.98 Å². The van der Waals surface area contributed by atoms with Crippen LogP contribution >= 0.6 is 27.3 Å². The van der Waals surface area contributed by atoms with E-state index in [9.17, 15) is 8.78 Å². The number of nitrogens with zero attached hydrogens (tertiary/aromatic N) is 1. The molecule has 5 heteroatoms. The highest BCUT2D eigenvalue weighted by Crippen LogP contribution is 2.34. The molecule has 1 nitrogen and oxygen atoms in total. The Labute approximate surface area is 139 Å². The van der Waals surface area contributed by atoms with E-state index in [0.717, 1.165) is 20.7 Å². The van der Waals surface area contributed by atoms with Gasteiger partial charge in [-0.2, -0.15) is 0 Å². The van der Waals surface area contributed by atoms with Gasteiger partial charge in [-0.3, -0.25) is 0 Å². The minimum Gasteiger partial charge on any atom is -0.237 e. The van der Waals surface area contributed by atoms with E-state index in [1.807, 2.05) is 5.38 Å². The topological polar surface area (TPSA) is 12.9 Å². The highest BCUT2D eigenvalue weighted by molar-refractivity contribution is 9.10. The van der Waals surface area contributed by atoms with Gasteiger partial charge in [0.05, 0.1) is 11.3 Å². The number of hydrogen-bond acceptors (Lipinski definition) is 2. The quantitative estimate of drug-likeness (QED) is 0.532. The largest absolute Gasteiger partial charge is 0.237 e. The Morgan fingerprint density at radius 3 is 2.45 bits per heavy atom. The molecule has 0 bridgehead atoms. The molecule has 0 saturated carbocycles. The predicted molar refractivity (Wildman–Crippen MR) is 90.7 cm³/mol. The van der Waals surface area contributed by atoms with Crippen molar-refractivity contribution >= 4 is 33.3 Å². The summed E-state index contributed by atoms with van der Waals surface area (Å²) in [5, 5.41) is 2.74. The van der Waals surface area contributed by atoms with Gasteiger partial charge in [0.25, 0.3) is 0 Å². The summed E-state index contributed by atoms with van der Waals surface area (Å²) < 4.78 is 28.5. The van der Waals surface area contributed by atoms with Gasteiger partial charge in [0.15, 0.2) is 0 Å². The van der Waals surface area contributed by atoms with Crippen molar-refractivity contribution in [3.8, 4) is 22.4 Å². The standard InChI is InChI=1S/C17H10BrF2NS/c1-2-16-21-15(9-22-16)11-7-6-10(8-12(11)18)17-13(19)4-3-5-14(17)20/h2-9H,1H2. The van der Waals surface area contributed by atoms with E-state index < -0.39 is 11.6 Å². The molecule has 0 unspecified atom stereocenters. The van der Waals surface area contributed by atoms with Crippen molar-refractivity contribution in [2.75, 3.05) is 0 Å². The molecule has 1 aromatic heterocycles. The number of rotatable bonds is 3. The van der Waals surface area contributed by atoms with E-state index in [-0.39, 0.29) is 5.56 Å². The predicted octanol–water partition coefficient (Wildman–Crippen LogP) is 6.16. The average molecular weight is 378 g/mol. The van der Waals surface area contributed by atoms with Crippen LogP contribution in [0.5, 0.6) is 0 Å². The first-order valence-electron chi connectivity index (χ1n) is 6.42. The number of thiazole rings is 1. The lowest BCUT2D eigenvalue weighted by Gasteiger charge is -2.08. The zero-order chi connectivity index (χ0) is 15.7. The summed E-state index contributed by atoms with van der Waals surface area (Å²) in [4.78, 5) is 4.42. The lowest BCUT2D eigenvalue weighted by Crippen LogP contribution is -1.90. The fourth-order valence-corrected chi connectivity index (χ4v) is 3.40. The number of hydrogen-bond donors (Lipinski definition) is 0. The van der Waals surface area contributed by atoms with Crippen molar-refractivity contribution < 1.29 is 8.78 Å². The van der Waals surface area contributed by atoms with E-state index >= 15 is 0 Å². The summed E-state index contributed by atoms with van der Waals surface area (Å²) in [6.07, 6.45) is 1.69. The Balaban J connectivity index is 2.08. The van der Waals surface area contributed by atoms with Crippen molar-refractivity contribution in [2.24, 2.45) is 0 Å². The normalized spacial score (nSPS) is 10.7. The molecule has 0 saturated heterocycles. The summed E-state index contributed by atoms with van der Waals surface area (Å²) >= 11 is 4.94. The summed E-state index contributed by atoms with van der Waals surface area (Å²) in [7, 11) is 0. The highest BCUT2D eigenvalue weighted by atomic mass is 79.9. The van der Waals surface area contributed by atoms with Crippen LogP contribution in [0.3, 0.4) is 0 Å². The maximum absolute atomic E-state index is 13.9.